The summed E-state index contributed by atoms with van der Waals surface area (Å²) >= 11 is 1.57. The molecule has 0 aliphatic rings. The lowest BCUT2D eigenvalue weighted by Crippen LogP contribution is -2.33. The highest BCUT2D eigenvalue weighted by molar-refractivity contribution is 7.99. The van der Waals surface area contributed by atoms with Crippen LogP contribution >= 0.6 is 11.8 Å². The highest BCUT2D eigenvalue weighted by Crippen LogP contribution is 2.31. The van der Waals surface area contributed by atoms with E-state index >= 15 is 0 Å². The van der Waals surface area contributed by atoms with Gasteiger partial charge >= 0.3 is 0 Å². The number of carbonyl (C=O) groups excluding carboxylic acids is 1. The molecule has 0 aromatic heterocycles. The van der Waals surface area contributed by atoms with Gasteiger partial charge in [-0.1, -0.05) is 60.7 Å². The molecule has 0 saturated carbocycles. The van der Waals surface area contributed by atoms with Crippen LogP contribution in [0.2, 0.25) is 0 Å². The number of amides is 1. The Morgan fingerprint density at radius 2 is 1.63 bits per heavy atom. The third-order valence-corrected chi connectivity index (χ3v) is 4.06. The fraction of sp³-hybridized carbons (Fsp3) is 0.133. The molecule has 1 amide bonds. The number of rotatable bonds is 5. The van der Waals surface area contributed by atoms with Crippen LogP contribution in [0.25, 0.3) is 0 Å². The molecule has 0 aliphatic carbocycles. The van der Waals surface area contributed by atoms with Gasteiger partial charge in [0.25, 0.3) is 5.91 Å². The van der Waals surface area contributed by atoms with Gasteiger partial charge in [-0.2, -0.15) is 0 Å². The molecule has 0 heterocycles. The van der Waals surface area contributed by atoms with E-state index in [-0.39, 0.29) is 11.2 Å². The van der Waals surface area contributed by atoms with E-state index in [4.69, 9.17) is 5.84 Å². The first-order chi connectivity index (χ1) is 9.31. The van der Waals surface area contributed by atoms with Crippen molar-refractivity contribution in [3.8, 4) is 0 Å². The Labute approximate surface area is 117 Å². The number of hydrogen-bond acceptors (Lipinski definition) is 3. The van der Waals surface area contributed by atoms with Gasteiger partial charge in [0.2, 0.25) is 0 Å². The molecule has 0 aliphatic heterocycles. The van der Waals surface area contributed by atoms with E-state index in [1.54, 1.807) is 11.8 Å². The summed E-state index contributed by atoms with van der Waals surface area (Å²) in [6.07, 6.45) is 0. The Hall–Kier alpha value is -1.78. The van der Waals surface area contributed by atoms with E-state index in [1.165, 1.54) is 5.56 Å². The minimum absolute atomic E-state index is 0.174. The molecule has 0 radical (unpaired) electrons. The molecule has 2 aromatic carbocycles. The lowest BCUT2D eigenvalue weighted by molar-refractivity contribution is -0.120. The number of benzene rings is 2. The summed E-state index contributed by atoms with van der Waals surface area (Å²) in [6, 6.07) is 19.7. The molecule has 0 saturated heterocycles. The second-order valence-electron chi connectivity index (χ2n) is 4.10. The predicted octanol–water partition coefficient (Wildman–Crippen LogP) is 2.65. The van der Waals surface area contributed by atoms with Crippen molar-refractivity contribution < 1.29 is 4.79 Å². The Morgan fingerprint density at radius 1 is 1.05 bits per heavy atom. The minimum atomic E-state index is -0.286. The summed E-state index contributed by atoms with van der Waals surface area (Å²) in [5.41, 5.74) is 4.40. The maximum absolute atomic E-state index is 11.9. The zero-order valence-corrected chi connectivity index (χ0v) is 11.3. The van der Waals surface area contributed by atoms with Crippen molar-refractivity contribution >= 4 is 17.7 Å². The Bertz CT molecular complexity index is 516. The van der Waals surface area contributed by atoms with E-state index in [0.29, 0.717) is 0 Å². The van der Waals surface area contributed by atoms with Crippen LogP contribution in [0.4, 0.5) is 0 Å². The standard InChI is InChI=1S/C15H16N2OS/c16-17-15(18)14(13-9-5-2-6-10-13)19-11-12-7-3-1-4-8-12/h1-10,14H,11,16H2,(H,17,18). The van der Waals surface area contributed by atoms with Crippen molar-refractivity contribution in [2.24, 2.45) is 5.84 Å². The van der Waals surface area contributed by atoms with Crippen LogP contribution in [0.5, 0.6) is 0 Å². The molecule has 0 spiro atoms. The summed E-state index contributed by atoms with van der Waals surface area (Å²) in [6.45, 7) is 0. The SMILES string of the molecule is NNC(=O)C(SCc1ccccc1)c1ccccc1. The smallest absolute Gasteiger partial charge is 0.251 e. The number of nitrogens with two attached hydrogens (primary N) is 1. The molecule has 4 heteroatoms. The largest absolute Gasteiger partial charge is 0.293 e. The van der Waals surface area contributed by atoms with Gasteiger partial charge in [-0.25, -0.2) is 5.84 Å². The van der Waals surface area contributed by atoms with E-state index in [2.05, 4.69) is 17.6 Å². The van der Waals surface area contributed by atoms with Crippen molar-refractivity contribution in [2.45, 2.75) is 11.0 Å². The lowest BCUT2D eigenvalue weighted by Gasteiger charge is -2.15. The second kappa shape index (κ2) is 6.97. The van der Waals surface area contributed by atoms with Crippen LogP contribution in [-0.4, -0.2) is 5.91 Å². The maximum atomic E-state index is 11.9. The lowest BCUT2D eigenvalue weighted by atomic mass is 10.1. The van der Waals surface area contributed by atoms with Gasteiger partial charge in [0, 0.05) is 5.75 Å². The van der Waals surface area contributed by atoms with E-state index < -0.39 is 0 Å². The summed E-state index contributed by atoms with van der Waals surface area (Å²) in [5.74, 6) is 5.86. The summed E-state index contributed by atoms with van der Waals surface area (Å²) < 4.78 is 0. The number of nitrogens with one attached hydrogen (secondary N) is 1. The van der Waals surface area contributed by atoms with Gasteiger partial charge < -0.3 is 0 Å². The first-order valence-corrected chi connectivity index (χ1v) is 7.07. The molecular weight excluding hydrogens is 256 g/mol. The average Bonchev–Trinajstić information content (AvgIpc) is 2.49. The number of thioether (sulfide) groups is 1. The second-order valence-corrected chi connectivity index (χ2v) is 5.19. The molecule has 3 N–H and O–H groups in total. The monoisotopic (exact) mass is 272 g/mol. The van der Waals surface area contributed by atoms with Crippen molar-refractivity contribution in [1.82, 2.24) is 5.43 Å². The van der Waals surface area contributed by atoms with Crippen molar-refractivity contribution in [1.29, 1.82) is 0 Å². The van der Waals surface area contributed by atoms with Crippen LogP contribution in [0, 0.1) is 0 Å². The quantitative estimate of drug-likeness (QED) is 0.500. The predicted molar refractivity (Wildman–Crippen MR) is 79.3 cm³/mol. The Balaban J connectivity index is 2.09. The molecule has 2 rings (SSSR count). The summed E-state index contributed by atoms with van der Waals surface area (Å²) in [5, 5.41) is -0.286. The third kappa shape index (κ3) is 3.84. The van der Waals surface area contributed by atoms with Crippen LogP contribution in [-0.2, 0) is 10.5 Å². The molecular formula is C15H16N2OS. The molecule has 2 aromatic rings. The minimum Gasteiger partial charge on any atom is -0.293 e. The van der Waals surface area contributed by atoms with Gasteiger partial charge in [0.1, 0.15) is 5.25 Å². The zero-order chi connectivity index (χ0) is 13.5. The molecule has 3 nitrogen and oxygen atoms in total. The van der Waals surface area contributed by atoms with Crippen molar-refractivity contribution in [3.63, 3.8) is 0 Å². The van der Waals surface area contributed by atoms with Crippen LogP contribution < -0.4 is 11.3 Å². The molecule has 1 atom stereocenters. The van der Waals surface area contributed by atoms with E-state index in [1.807, 2.05) is 48.5 Å². The first kappa shape index (κ1) is 13.6. The van der Waals surface area contributed by atoms with E-state index in [9.17, 15) is 4.79 Å². The van der Waals surface area contributed by atoms with Crippen LogP contribution in [0.3, 0.4) is 0 Å². The highest BCUT2D eigenvalue weighted by atomic mass is 32.2. The van der Waals surface area contributed by atoms with E-state index in [0.717, 1.165) is 11.3 Å². The van der Waals surface area contributed by atoms with Gasteiger partial charge in [-0.3, -0.25) is 10.2 Å². The van der Waals surface area contributed by atoms with Crippen LogP contribution in [0.15, 0.2) is 60.7 Å². The fourth-order valence-corrected chi connectivity index (χ4v) is 2.90. The van der Waals surface area contributed by atoms with Gasteiger partial charge in [0.05, 0.1) is 0 Å². The summed E-state index contributed by atoms with van der Waals surface area (Å²) in [4.78, 5) is 11.9. The number of carbonyl (C=O) groups is 1. The fourth-order valence-electron chi connectivity index (χ4n) is 1.78. The maximum Gasteiger partial charge on any atom is 0.251 e. The van der Waals surface area contributed by atoms with Crippen molar-refractivity contribution in [2.75, 3.05) is 0 Å². The highest BCUT2D eigenvalue weighted by Gasteiger charge is 2.19. The molecule has 0 fully saturated rings. The number of hydrogen-bond donors (Lipinski definition) is 2. The van der Waals surface area contributed by atoms with Crippen molar-refractivity contribution in [3.05, 3.63) is 71.8 Å². The average molecular weight is 272 g/mol. The normalized spacial score (nSPS) is 11.8. The Morgan fingerprint density at radius 3 is 2.21 bits per heavy atom. The number of hydrazine groups is 1. The van der Waals surface area contributed by atoms with Gasteiger partial charge in [0.15, 0.2) is 0 Å². The topological polar surface area (TPSA) is 55.1 Å². The van der Waals surface area contributed by atoms with Gasteiger partial charge in [-0.15, -0.1) is 11.8 Å². The first-order valence-electron chi connectivity index (χ1n) is 6.02. The van der Waals surface area contributed by atoms with Crippen LogP contribution in [0.1, 0.15) is 16.4 Å². The Kier molecular flexibility index (Phi) is 5.01. The molecule has 1 unspecified atom stereocenters. The third-order valence-electron chi connectivity index (χ3n) is 2.74. The summed E-state index contributed by atoms with van der Waals surface area (Å²) in [7, 11) is 0. The molecule has 98 valence electrons. The van der Waals surface area contributed by atoms with Gasteiger partial charge in [-0.05, 0) is 11.1 Å². The molecule has 0 bridgehead atoms. The zero-order valence-electron chi connectivity index (χ0n) is 10.5. The molecule has 19 heavy (non-hydrogen) atoms.